The Bertz CT molecular complexity index is 3260. The first-order chi connectivity index (χ1) is 32.2. The highest BCUT2D eigenvalue weighted by atomic mass is 16.2. The number of imidazole rings is 2. The molecule has 5 aliphatic rings. The molecule has 13 rings (SSSR count). The molecule has 0 radical (unpaired) electrons. The highest BCUT2D eigenvalue weighted by Crippen LogP contribution is 2.40. The number of amides is 2. The molecule has 16 heteroatoms. The van der Waals surface area contributed by atoms with Crippen LogP contribution in [-0.2, 0) is 27.2 Å². The number of likely N-dealkylation sites (tertiary alicyclic amines) is 2. The van der Waals surface area contributed by atoms with E-state index in [-0.39, 0.29) is 29.9 Å². The van der Waals surface area contributed by atoms with Gasteiger partial charge in [-0.3, -0.25) is 9.59 Å². The summed E-state index contributed by atoms with van der Waals surface area (Å²) in [6, 6.07) is 14.9. The largest absolute Gasteiger partial charge is 0.337 e. The lowest BCUT2D eigenvalue weighted by molar-refractivity contribution is 0.0667. The van der Waals surface area contributed by atoms with Gasteiger partial charge in [-0.25, -0.2) is 29.9 Å². The number of fused-ring (bicyclic) bond motifs is 5. The molecule has 336 valence electrons. The predicted octanol–water partition coefficient (Wildman–Crippen LogP) is 6.23. The average Bonchev–Trinajstić information content (AvgIpc) is 4.14. The van der Waals surface area contributed by atoms with Crippen molar-refractivity contribution in [1.82, 2.24) is 63.3 Å². The third-order valence-electron chi connectivity index (χ3n) is 15.2. The second-order valence-corrected chi connectivity index (χ2v) is 19.9. The fourth-order valence-corrected chi connectivity index (χ4v) is 11.2. The summed E-state index contributed by atoms with van der Waals surface area (Å²) in [7, 11) is 4.00. The van der Waals surface area contributed by atoms with Crippen molar-refractivity contribution in [2.24, 2.45) is 37.6 Å². The molecule has 8 aromatic heterocycles. The molecule has 3 saturated heterocycles. The second-order valence-electron chi connectivity index (χ2n) is 19.9. The molecule has 0 aromatic carbocycles. The van der Waals surface area contributed by atoms with Crippen LogP contribution < -0.4 is 11.1 Å². The molecule has 8 aromatic rings. The number of aryl methyl sites for hydroxylation is 2. The van der Waals surface area contributed by atoms with Crippen molar-refractivity contribution in [3.8, 4) is 23.0 Å². The van der Waals surface area contributed by atoms with Crippen molar-refractivity contribution >= 4 is 56.2 Å². The number of hydrogen-bond acceptors (Lipinski definition) is 10. The maximum Gasteiger partial charge on any atom is 0.255 e. The predicted molar refractivity (Wildman–Crippen MR) is 251 cm³/mol. The van der Waals surface area contributed by atoms with Crippen LogP contribution in [-0.4, -0.2) is 108 Å². The van der Waals surface area contributed by atoms with E-state index in [9.17, 15) is 9.59 Å². The lowest BCUT2D eigenvalue weighted by atomic mass is 9.90. The van der Waals surface area contributed by atoms with E-state index in [1.807, 2.05) is 63.6 Å². The van der Waals surface area contributed by atoms with Gasteiger partial charge in [0.15, 0.2) is 22.9 Å². The molecule has 3 N–H and O–H groups in total. The molecular formula is C50H54N14O2. The van der Waals surface area contributed by atoms with Crippen LogP contribution in [0.5, 0.6) is 0 Å². The van der Waals surface area contributed by atoms with E-state index in [0.717, 1.165) is 101 Å². The van der Waals surface area contributed by atoms with Gasteiger partial charge in [0.1, 0.15) is 22.3 Å². The van der Waals surface area contributed by atoms with Crippen molar-refractivity contribution < 1.29 is 9.59 Å². The van der Waals surface area contributed by atoms with Gasteiger partial charge in [-0.15, -0.1) is 0 Å². The number of rotatable bonds is 9. The van der Waals surface area contributed by atoms with E-state index in [1.54, 1.807) is 12.4 Å². The third kappa shape index (κ3) is 6.78. The lowest BCUT2D eigenvalue weighted by Crippen LogP contribution is -2.48. The van der Waals surface area contributed by atoms with Crippen molar-refractivity contribution in [3.05, 3.63) is 83.9 Å². The van der Waals surface area contributed by atoms with Gasteiger partial charge >= 0.3 is 0 Å². The van der Waals surface area contributed by atoms with Crippen LogP contribution in [0.25, 0.3) is 67.4 Å². The smallest absolute Gasteiger partial charge is 0.255 e. The van der Waals surface area contributed by atoms with Crippen LogP contribution in [0.3, 0.4) is 0 Å². The fourth-order valence-electron chi connectivity index (χ4n) is 11.2. The highest BCUT2D eigenvalue weighted by molar-refractivity contribution is 5.98. The van der Waals surface area contributed by atoms with Gasteiger partial charge in [0.25, 0.3) is 11.8 Å². The standard InChI is InChI=1S/C50H54N14O2/c1-59-45-39(57-47(59)41-19-31-5-3-12-52-43(31)63(41)24-28-7-8-28)18-35(23-55-45)50(66)62-14-11-30-16-37(56-40(30)27-62)33-15-32-20-42(64(25-29-9-10-29)44(32)53-21-33)48-58-38-17-34(22-54-46(38)60(48)2)49(65)61-13-4-6-36(51)26-61/h3,5,12,15,17-23,28-30,36-37,40,56H,4,6-11,13-14,16,24-27,51H2,1-2H3/t30?,36-,37?,40?/m1/s1. The second kappa shape index (κ2) is 15.3. The SMILES string of the molecule is Cn1c(-c2cc3cccnc3n2CC2CC2)nc2cc(C(=O)N3CCC4CC(c5cnc6c(c5)cc(-c5nc7cc(C(=O)N8CCC[C@@H](N)C8)cnc7n5C)n6CC5CC5)NC4C3)cnc21. The Morgan fingerprint density at radius 2 is 1.29 bits per heavy atom. The minimum Gasteiger partial charge on any atom is -0.337 e. The normalized spacial score (nSPS) is 22.3. The summed E-state index contributed by atoms with van der Waals surface area (Å²) < 4.78 is 8.70. The maximum atomic E-state index is 14.2. The lowest BCUT2D eigenvalue weighted by Gasteiger charge is -2.34. The third-order valence-corrected chi connectivity index (χ3v) is 15.2. The molecule has 2 amide bonds. The van der Waals surface area contributed by atoms with Gasteiger partial charge in [-0.2, -0.15) is 0 Å². The van der Waals surface area contributed by atoms with Gasteiger partial charge < -0.3 is 39.1 Å². The van der Waals surface area contributed by atoms with Crippen LogP contribution in [0.2, 0.25) is 0 Å². The van der Waals surface area contributed by atoms with Gasteiger partial charge in [0, 0.05) is 107 Å². The Labute approximate surface area is 381 Å². The number of nitrogens with one attached hydrogen (secondary N) is 1. The summed E-state index contributed by atoms with van der Waals surface area (Å²) in [6.07, 6.45) is 16.0. The summed E-state index contributed by atoms with van der Waals surface area (Å²) in [5.41, 5.74) is 15.3. The Kier molecular flexibility index (Phi) is 9.21. The molecule has 5 fully saturated rings. The minimum atomic E-state index is -0.0436. The van der Waals surface area contributed by atoms with Gasteiger partial charge in [-0.1, -0.05) is 0 Å². The van der Waals surface area contributed by atoms with Gasteiger partial charge in [0.05, 0.1) is 22.5 Å². The first-order valence-electron chi connectivity index (χ1n) is 23.9. The summed E-state index contributed by atoms with van der Waals surface area (Å²) >= 11 is 0. The number of carbonyl (C=O) groups excluding carboxylic acids is 2. The van der Waals surface area contributed by atoms with E-state index in [1.165, 1.54) is 25.7 Å². The van der Waals surface area contributed by atoms with Crippen molar-refractivity contribution in [2.45, 2.75) is 82.6 Å². The van der Waals surface area contributed by atoms with Gasteiger partial charge in [-0.05, 0) is 117 Å². The van der Waals surface area contributed by atoms with Crippen LogP contribution in [0, 0.1) is 17.8 Å². The molecule has 4 atom stereocenters. The monoisotopic (exact) mass is 882 g/mol. The molecule has 11 heterocycles. The number of aromatic nitrogens is 10. The summed E-state index contributed by atoms with van der Waals surface area (Å²) in [4.78, 5) is 61.1. The van der Waals surface area contributed by atoms with E-state index in [2.05, 4.69) is 38.7 Å². The van der Waals surface area contributed by atoms with Crippen LogP contribution in [0.1, 0.15) is 83.7 Å². The number of hydrogen-bond donors (Lipinski definition) is 2. The molecule has 2 aliphatic carbocycles. The summed E-state index contributed by atoms with van der Waals surface area (Å²) in [6.45, 7) is 4.41. The summed E-state index contributed by atoms with van der Waals surface area (Å²) in [5, 5.41) is 6.10. The first kappa shape index (κ1) is 39.8. The number of piperidine rings is 2. The Morgan fingerprint density at radius 3 is 1.92 bits per heavy atom. The number of carbonyl (C=O) groups is 2. The van der Waals surface area contributed by atoms with E-state index in [0.29, 0.717) is 66.1 Å². The van der Waals surface area contributed by atoms with E-state index in [4.69, 9.17) is 35.6 Å². The Morgan fingerprint density at radius 1 is 0.682 bits per heavy atom. The van der Waals surface area contributed by atoms with Crippen molar-refractivity contribution in [2.75, 3.05) is 26.2 Å². The zero-order valence-electron chi connectivity index (χ0n) is 37.5. The van der Waals surface area contributed by atoms with Crippen LogP contribution in [0.15, 0.2) is 67.3 Å². The Balaban J connectivity index is 0.738. The minimum absolute atomic E-state index is 0.00704. The molecule has 0 bridgehead atoms. The fraction of sp³-hybridized carbons (Fsp3) is 0.440. The molecule has 2 saturated carbocycles. The molecule has 3 unspecified atom stereocenters. The van der Waals surface area contributed by atoms with Gasteiger partial charge in [0.2, 0.25) is 0 Å². The number of nitrogens with two attached hydrogens (primary N) is 1. The molecule has 66 heavy (non-hydrogen) atoms. The first-order valence-corrected chi connectivity index (χ1v) is 23.9. The van der Waals surface area contributed by atoms with E-state index >= 15 is 0 Å². The molecular weight excluding hydrogens is 829 g/mol. The Hall–Kier alpha value is -6.52. The van der Waals surface area contributed by atoms with Crippen LogP contribution >= 0.6 is 0 Å². The zero-order chi connectivity index (χ0) is 44.4. The zero-order valence-corrected chi connectivity index (χ0v) is 37.5. The molecule has 0 spiro atoms. The number of pyridine rings is 4. The summed E-state index contributed by atoms with van der Waals surface area (Å²) in [5.74, 6) is 3.33. The maximum absolute atomic E-state index is 14.2. The quantitative estimate of drug-likeness (QED) is 0.169. The topological polar surface area (TPSA) is 176 Å². The van der Waals surface area contributed by atoms with Crippen molar-refractivity contribution in [1.29, 1.82) is 0 Å². The number of nitrogens with zero attached hydrogens (tertiary/aromatic N) is 12. The van der Waals surface area contributed by atoms with Crippen molar-refractivity contribution in [3.63, 3.8) is 0 Å². The highest BCUT2D eigenvalue weighted by Gasteiger charge is 2.40. The molecule has 16 nitrogen and oxygen atoms in total. The van der Waals surface area contributed by atoms with E-state index < -0.39 is 0 Å². The average molecular weight is 883 g/mol. The van der Waals surface area contributed by atoms with Crippen LogP contribution in [0.4, 0.5) is 0 Å². The molecule has 3 aliphatic heterocycles.